The van der Waals surface area contributed by atoms with Gasteiger partial charge in [-0.05, 0) is 55.3 Å². The molecule has 1 aromatic heterocycles. The first kappa shape index (κ1) is 18.2. The van der Waals surface area contributed by atoms with Gasteiger partial charge in [0.1, 0.15) is 5.75 Å². The molecule has 1 saturated heterocycles. The average Bonchev–Trinajstić information content (AvgIpc) is 3.14. The van der Waals surface area contributed by atoms with E-state index in [0.717, 1.165) is 59.4 Å². The minimum absolute atomic E-state index is 0.195. The number of benzene rings is 2. The zero-order valence-corrected chi connectivity index (χ0v) is 16.1. The molecule has 2 aromatic carbocycles. The average molecular weight is 383 g/mol. The predicted octanol–water partition coefficient (Wildman–Crippen LogP) is 4.52. The highest BCUT2D eigenvalue weighted by Crippen LogP contribution is 2.34. The van der Waals surface area contributed by atoms with Crippen molar-refractivity contribution in [3.05, 3.63) is 59.1 Å². The van der Waals surface area contributed by atoms with Crippen LogP contribution >= 0.6 is 11.6 Å². The summed E-state index contributed by atoms with van der Waals surface area (Å²) in [5.41, 5.74) is 3.88. The van der Waals surface area contributed by atoms with Gasteiger partial charge >= 0.3 is 0 Å². The highest BCUT2D eigenvalue weighted by molar-refractivity contribution is 6.31. The fraction of sp³-hybridized carbons (Fsp3) is 0.318. The van der Waals surface area contributed by atoms with E-state index in [-0.39, 0.29) is 12.6 Å². The van der Waals surface area contributed by atoms with Crippen LogP contribution in [0.4, 0.5) is 0 Å². The van der Waals surface area contributed by atoms with Gasteiger partial charge in [-0.25, -0.2) is 4.98 Å². The van der Waals surface area contributed by atoms with Gasteiger partial charge in [0.15, 0.2) is 0 Å². The highest BCUT2D eigenvalue weighted by atomic mass is 35.5. The zero-order chi connectivity index (χ0) is 18.8. The smallest absolute Gasteiger partial charge is 0.128 e. The quantitative estimate of drug-likeness (QED) is 0.704. The molecule has 1 atom stereocenters. The topological polar surface area (TPSA) is 45.6 Å². The molecule has 140 valence electrons. The van der Waals surface area contributed by atoms with Gasteiger partial charge < -0.3 is 9.84 Å². The number of rotatable bonds is 5. The number of hydrogen-bond donors (Lipinski definition) is 1. The van der Waals surface area contributed by atoms with E-state index in [1.54, 1.807) is 7.11 Å². The minimum Gasteiger partial charge on any atom is -0.496 e. The van der Waals surface area contributed by atoms with Crippen LogP contribution in [0.15, 0.2) is 48.5 Å². The summed E-state index contributed by atoms with van der Waals surface area (Å²) in [6, 6.07) is 16.2. The summed E-state index contributed by atoms with van der Waals surface area (Å²) in [7, 11) is 1.68. The van der Waals surface area contributed by atoms with E-state index >= 15 is 0 Å². The maximum atomic E-state index is 9.69. The lowest BCUT2D eigenvalue weighted by molar-refractivity contribution is 0.153. The molecule has 0 unspecified atom stereocenters. The number of aromatic nitrogens is 1. The standard InChI is InChI=1S/C22H23ClN2O2/c1-27-21-7-3-2-6-19(21)22-16(13-25-10-4-5-18(25)14-26)11-15-8-9-17(23)12-20(15)24-22/h2-3,6-9,11-12,18,26H,4-5,10,13-14H2,1H3/t18-/m1/s1. The number of nitrogens with zero attached hydrogens (tertiary/aromatic N) is 2. The number of fused-ring (bicyclic) bond motifs is 1. The Morgan fingerprint density at radius 2 is 2.07 bits per heavy atom. The van der Waals surface area contributed by atoms with Crippen molar-refractivity contribution >= 4 is 22.5 Å². The van der Waals surface area contributed by atoms with Crippen molar-refractivity contribution in [2.75, 3.05) is 20.3 Å². The normalized spacial score (nSPS) is 17.5. The molecule has 3 aromatic rings. The van der Waals surface area contributed by atoms with E-state index in [0.29, 0.717) is 5.02 Å². The number of para-hydroxylation sites is 1. The zero-order valence-electron chi connectivity index (χ0n) is 15.4. The second kappa shape index (κ2) is 7.85. The maximum absolute atomic E-state index is 9.69. The molecule has 0 aliphatic carbocycles. The second-order valence-electron chi connectivity index (χ2n) is 6.98. The SMILES string of the molecule is COc1ccccc1-c1nc2cc(Cl)ccc2cc1CN1CCC[C@@H]1CO. The first-order valence-electron chi connectivity index (χ1n) is 9.27. The van der Waals surface area contributed by atoms with Gasteiger partial charge in [-0.2, -0.15) is 0 Å². The number of likely N-dealkylation sites (tertiary alicyclic amines) is 1. The Morgan fingerprint density at radius 1 is 1.22 bits per heavy atom. The van der Waals surface area contributed by atoms with Crippen LogP contribution in [0.1, 0.15) is 18.4 Å². The van der Waals surface area contributed by atoms with Crippen LogP contribution in [0, 0.1) is 0 Å². The van der Waals surface area contributed by atoms with Crippen LogP contribution < -0.4 is 4.74 Å². The fourth-order valence-corrected chi connectivity index (χ4v) is 4.07. The van der Waals surface area contributed by atoms with Crippen molar-refractivity contribution in [1.82, 2.24) is 9.88 Å². The molecular formula is C22H23ClN2O2. The van der Waals surface area contributed by atoms with E-state index in [2.05, 4.69) is 11.0 Å². The van der Waals surface area contributed by atoms with E-state index in [4.69, 9.17) is 21.3 Å². The Bertz CT molecular complexity index is 960. The molecule has 2 heterocycles. The third-order valence-electron chi connectivity index (χ3n) is 5.30. The van der Waals surface area contributed by atoms with Crippen molar-refractivity contribution in [2.24, 2.45) is 0 Å². The van der Waals surface area contributed by atoms with E-state index in [1.165, 1.54) is 0 Å². The summed E-state index contributed by atoms with van der Waals surface area (Å²) in [6.07, 6.45) is 2.16. The van der Waals surface area contributed by atoms with Crippen LogP contribution in [0.5, 0.6) is 5.75 Å². The molecule has 1 aliphatic heterocycles. The van der Waals surface area contributed by atoms with Gasteiger partial charge in [0.25, 0.3) is 0 Å². The molecule has 1 fully saturated rings. The van der Waals surface area contributed by atoms with Gasteiger partial charge in [0.05, 0.1) is 24.9 Å². The number of pyridine rings is 1. The molecule has 5 heteroatoms. The molecule has 27 heavy (non-hydrogen) atoms. The number of aliphatic hydroxyl groups is 1. The van der Waals surface area contributed by atoms with Crippen LogP contribution in [0.2, 0.25) is 5.02 Å². The third kappa shape index (κ3) is 3.65. The Kier molecular flexibility index (Phi) is 5.30. The summed E-state index contributed by atoms with van der Waals surface area (Å²) in [6.45, 7) is 1.94. The maximum Gasteiger partial charge on any atom is 0.128 e. The number of hydrogen-bond acceptors (Lipinski definition) is 4. The van der Waals surface area contributed by atoms with Crippen molar-refractivity contribution in [3.63, 3.8) is 0 Å². The number of halogens is 1. The van der Waals surface area contributed by atoms with Gasteiger partial charge in [0, 0.05) is 28.6 Å². The number of aliphatic hydroxyl groups excluding tert-OH is 1. The molecule has 4 nitrogen and oxygen atoms in total. The van der Waals surface area contributed by atoms with Crippen molar-refractivity contribution in [3.8, 4) is 17.0 Å². The summed E-state index contributed by atoms with van der Waals surface area (Å²) in [5.74, 6) is 0.799. The summed E-state index contributed by atoms with van der Waals surface area (Å²) >= 11 is 6.19. The Balaban J connectivity index is 1.86. The van der Waals surface area contributed by atoms with Crippen molar-refractivity contribution < 1.29 is 9.84 Å². The fourth-order valence-electron chi connectivity index (χ4n) is 3.91. The highest BCUT2D eigenvalue weighted by Gasteiger charge is 2.25. The summed E-state index contributed by atoms with van der Waals surface area (Å²) in [4.78, 5) is 7.30. The van der Waals surface area contributed by atoms with Gasteiger partial charge in [-0.3, -0.25) is 4.90 Å². The molecule has 1 N–H and O–H groups in total. The van der Waals surface area contributed by atoms with Gasteiger partial charge in [-0.15, -0.1) is 0 Å². The first-order chi connectivity index (χ1) is 13.2. The van der Waals surface area contributed by atoms with Gasteiger partial charge in [-0.1, -0.05) is 29.8 Å². The monoisotopic (exact) mass is 382 g/mol. The lowest BCUT2D eigenvalue weighted by Gasteiger charge is -2.24. The molecule has 0 amide bonds. The first-order valence-corrected chi connectivity index (χ1v) is 9.65. The van der Waals surface area contributed by atoms with Crippen LogP contribution in [-0.2, 0) is 6.54 Å². The summed E-state index contributed by atoms with van der Waals surface area (Å²) < 4.78 is 5.58. The van der Waals surface area contributed by atoms with E-state index in [1.807, 2.05) is 42.5 Å². The number of ether oxygens (including phenoxy) is 1. The molecule has 4 rings (SSSR count). The largest absolute Gasteiger partial charge is 0.496 e. The predicted molar refractivity (Wildman–Crippen MR) is 109 cm³/mol. The number of methoxy groups -OCH3 is 1. The molecule has 0 radical (unpaired) electrons. The molecular weight excluding hydrogens is 360 g/mol. The lowest BCUT2D eigenvalue weighted by Crippen LogP contribution is -2.31. The minimum atomic E-state index is 0.195. The molecule has 0 spiro atoms. The van der Waals surface area contributed by atoms with Crippen LogP contribution in [0.25, 0.3) is 22.2 Å². The molecule has 1 aliphatic rings. The Hall–Kier alpha value is -2.14. The van der Waals surface area contributed by atoms with Gasteiger partial charge in [0.2, 0.25) is 0 Å². The van der Waals surface area contributed by atoms with Crippen LogP contribution in [0.3, 0.4) is 0 Å². The second-order valence-corrected chi connectivity index (χ2v) is 7.42. The van der Waals surface area contributed by atoms with E-state index in [9.17, 15) is 5.11 Å². The van der Waals surface area contributed by atoms with Crippen molar-refractivity contribution in [2.45, 2.75) is 25.4 Å². The third-order valence-corrected chi connectivity index (χ3v) is 5.54. The Labute approximate surface area is 164 Å². The summed E-state index contributed by atoms with van der Waals surface area (Å²) in [5, 5.41) is 11.4. The Morgan fingerprint density at radius 3 is 2.89 bits per heavy atom. The molecule has 0 saturated carbocycles. The van der Waals surface area contributed by atoms with Crippen LogP contribution in [-0.4, -0.2) is 41.3 Å². The lowest BCUT2D eigenvalue weighted by atomic mass is 10.0. The molecule has 0 bridgehead atoms. The van der Waals surface area contributed by atoms with E-state index < -0.39 is 0 Å². The van der Waals surface area contributed by atoms with Crippen molar-refractivity contribution in [1.29, 1.82) is 0 Å².